The molecule has 0 amide bonds. The van der Waals surface area contributed by atoms with Crippen LogP contribution in [0.4, 0.5) is 0 Å². The van der Waals surface area contributed by atoms with Crippen molar-refractivity contribution in [1.29, 1.82) is 0 Å². The Morgan fingerprint density at radius 3 is 2.69 bits per heavy atom. The van der Waals surface area contributed by atoms with E-state index in [1.54, 1.807) is 18.7 Å². The molecule has 2 aromatic carbocycles. The Kier molecular flexibility index (Phi) is 6.07. The zero-order valence-electron chi connectivity index (χ0n) is 14.5. The Morgan fingerprint density at radius 2 is 1.92 bits per heavy atom. The first kappa shape index (κ1) is 18.2. The first-order chi connectivity index (χ1) is 12.7. The van der Waals surface area contributed by atoms with Crippen molar-refractivity contribution in [1.82, 2.24) is 5.43 Å². The number of benzene rings is 2. The van der Waals surface area contributed by atoms with Crippen molar-refractivity contribution in [2.24, 2.45) is 5.10 Å². The molecule has 134 valence electrons. The zero-order chi connectivity index (χ0) is 18.4. The molecule has 0 aliphatic carbocycles. The number of carbonyl (C=O) groups is 2. The fourth-order valence-corrected chi connectivity index (χ4v) is 3.72. The van der Waals surface area contributed by atoms with Crippen molar-refractivity contribution >= 4 is 29.2 Å². The summed E-state index contributed by atoms with van der Waals surface area (Å²) in [5, 5.41) is 4.24. The van der Waals surface area contributed by atoms with Crippen LogP contribution in [-0.2, 0) is 16.0 Å². The third-order valence-corrected chi connectivity index (χ3v) is 5.12. The lowest BCUT2D eigenvalue weighted by Gasteiger charge is -2.22. The molecule has 5 nitrogen and oxygen atoms in total. The molecule has 0 saturated carbocycles. The summed E-state index contributed by atoms with van der Waals surface area (Å²) in [6, 6.07) is 16.6. The fraction of sp³-hybridized carbons (Fsp3) is 0.250. The Balaban J connectivity index is 1.76. The molecular formula is C20H20N2O3S. The van der Waals surface area contributed by atoms with Crippen LogP contribution in [0.1, 0.15) is 22.8 Å². The molecule has 0 bridgehead atoms. The molecule has 3 rings (SSSR count). The monoisotopic (exact) mass is 368 g/mol. The molecule has 0 spiro atoms. The van der Waals surface area contributed by atoms with Crippen molar-refractivity contribution < 1.29 is 14.3 Å². The molecule has 1 aliphatic rings. The molecular weight excluding hydrogens is 348 g/mol. The average molecular weight is 368 g/mol. The maximum atomic E-state index is 12.6. The number of nitrogens with zero attached hydrogens (tertiary/aromatic N) is 1. The van der Waals surface area contributed by atoms with Crippen LogP contribution in [-0.4, -0.2) is 35.9 Å². The fourth-order valence-electron chi connectivity index (χ4n) is 2.65. The first-order valence-corrected chi connectivity index (χ1v) is 9.46. The van der Waals surface area contributed by atoms with Gasteiger partial charge < -0.3 is 4.74 Å². The number of Topliss-reactive ketones (excluding diaryl/α,β-unsaturated/α-hetero) is 1. The molecule has 0 unspecified atom stereocenters. The summed E-state index contributed by atoms with van der Waals surface area (Å²) in [7, 11) is 0. The number of ether oxygens (including phenoxy) is 1. The van der Waals surface area contributed by atoms with E-state index in [-0.39, 0.29) is 18.1 Å². The Morgan fingerprint density at radius 1 is 1.19 bits per heavy atom. The maximum Gasteiger partial charge on any atom is 0.354 e. The highest BCUT2D eigenvalue weighted by molar-refractivity contribution is 7.99. The molecule has 6 heteroatoms. The molecule has 0 aromatic heterocycles. The van der Waals surface area contributed by atoms with Crippen LogP contribution in [0, 0.1) is 0 Å². The van der Waals surface area contributed by atoms with Gasteiger partial charge in [0, 0.05) is 22.6 Å². The Hall–Kier alpha value is -2.60. The number of fused-ring (bicyclic) bond motifs is 1. The van der Waals surface area contributed by atoms with Gasteiger partial charge in [-0.2, -0.15) is 5.10 Å². The molecule has 0 radical (unpaired) electrons. The number of hydrogen-bond acceptors (Lipinski definition) is 6. The summed E-state index contributed by atoms with van der Waals surface area (Å²) in [6.07, 6.45) is 0.345. The summed E-state index contributed by atoms with van der Waals surface area (Å²) in [6.45, 7) is 2.03. The quantitative estimate of drug-likeness (QED) is 0.482. The van der Waals surface area contributed by atoms with Crippen molar-refractivity contribution in [2.45, 2.75) is 24.3 Å². The second kappa shape index (κ2) is 8.67. The van der Waals surface area contributed by atoms with Gasteiger partial charge in [0.25, 0.3) is 0 Å². The number of thioether (sulfide) groups is 1. The van der Waals surface area contributed by atoms with E-state index >= 15 is 0 Å². The minimum absolute atomic E-state index is 0.00831. The van der Waals surface area contributed by atoms with Crippen molar-refractivity contribution in [3.05, 3.63) is 65.7 Å². The lowest BCUT2D eigenvalue weighted by Crippen LogP contribution is -2.39. The first-order valence-electron chi connectivity index (χ1n) is 8.48. The second-order valence-electron chi connectivity index (χ2n) is 5.79. The van der Waals surface area contributed by atoms with Gasteiger partial charge in [-0.05, 0) is 18.6 Å². The van der Waals surface area contributed by atoms with E-state index in [0.717, 1.165) is 10.5 Å². The van der Waals surface area contributed by atoms with Gasteiger partial charge >= 0.3 is 5.97 Å². The summed E-state index contributed by atoms with van der Waals surface area (Å²) in [4.78, 5) is 25.8. The molecule has 26 heavy (non-hydrogen) atoms. The zero-order valence-corrected chi connectivity index (χ0v) is 15.3. The Bertz CT molecular complexity index is 821. The summed E-state index contributed by atoms with van der Waals surface area (Å²) >= 11 is 1.61. The van der Waals surface area contributed by atoms with Gasteiger partial charge in [0.1, 0.15) is 11.8 Å². The number of nitrogens with one attached hydrogen (secondary N) is 1. The van der Waals surface area contributed by atoms with Crippen molar-refractivity contribution in [3.8, 4) is 0 Å². The van der Waals surface area contributed by atoms with Crippen LogP contribution in [0.3, 0.4) is 0 Å². The maximum absolute atomic E-state index is 12.6. The topological polar surface area (TPSA) is 67.8 Å². The van der Waals surface area contributed by atoms with Gasteiger partial charge in [0.15, 0.2) is 5.78 Å². The van der Waals surface area contributed by atoms with Crippen molar-refractivity contribution in [3.63, 3.8) is 0 Å². The van der Waals surface area contributed by atoms with Gasteiger partial charge in [-0.3, -0.25) is 10.2 Å². The average Bonchev–Trinajstić information content (AvgIpc) is 2.67. The highest BCUT2D eigenvalue weighted by Crippen LogP contribution is 2.29. The van der Waals surface area contributed by atoms with E-state index in [4.69, 9.17) is 4.74 Å². The summed E-state index contributed by atoms with van der Waals surface area (Å²) < 4.78 is 5.10. The SMILES string of the molecule is CCOC(=O)/C(Cc1ccccc1)=N\N[C@H]1CSc2ccccc2C1=O. The number of rotatable bonds is 6. The van der Waals surface area contributed by atoms with E-state index in [1.807, 2.05) is 54.6 Å². The molecule has 1 N–H and O–H groups in total. The van der Waals surface area contributed by atoms with Gasteiger partial charge in [-0.25, -0.2) is 4.79 Å². The smallest absolute Gasteiger partial charge is 0.354 e. The van der Waals surface area contributed by atoms with Crippen LogP contribution in [0.5, 0.6) is 0 Å². The third kappa shape index (κ3) is 4.32. The number of carbonyl (C=O) groups excluding carboxylic acids is 2. The minimum atomic E-state index is -0.472. The number of esters is 1. The Labute approximate surface area is 156 Å². The van der Waals surface area contributed by atoms with E-state index < -0.39 is 12.0 Å². The molecule has 0 fully saturated rings. The highest BCUT2D eigenvalue weighted by atomic mass is 32.2. The number of ketones is 1. The lowest BCUT2D eigenvalue weighted by molar-refractivity contribution is -0.135. The van der Waals surface area contributed by atoms with Gasteiger partial charge in [0.2, 0.25) is 0 Å². The third-order valence-electron chi connectivity index (χ3n) is 3.96. The molecule has 1 atom stereocenters. The lowest BCUT2D eigenvalue weighted by atomic mass is 10.1. The van der Waals surface area contributed by atoms with Crippen LogP contribution >= 0.6 is 11.8 Å². The minimum Gasteiger partial charge on any atom is -0.461 e. The number of hydrogen-bond donors (Lipinski definition) is 1. The van der Waals surface area contributed by atoms with E-state index in [9.17, 15) is 9.59 Å². The van der Waals surface area contributed by atoms with Gasteiger partial charge in [0.05, 0.1) is 6.61 Å². The van der Waals surface area contributed by atoms with Crippen molar-refractivity contribution in [2.75, 3.05) is 12.4 Å². The van der Waals surface area contributed by atoms with Crippen LogP contribution in [0.15, 0.2) is 64.6 Å². The van der Waals surface area contributed by atoms with E-state index in [2.05, 4.69) is 10.5 Å². The van der Waals surface area contributed by atoms with Gasteiger partial charge in [-0.15, -0.1) is 11.8 Å². The van der Waals surface area contributed by atoms with Crippen LogP contribution in [0.2, 0.25) is 0 Å². The van der Waals surface area contributed by atoms with E-state index in [0.29, 0.717) is 17.7 Å². The summed E-state index contributed by atoms with van der Waals surface area (Å²) in [5.74, 6) is 0.0898. The largest absolute Gasteiger partial charge is 0.461 e. The standard InChI is InChI=1S/C20H20N2O3S/c1-2-25-20(24)16(12-14-8-4-3-5-9-14)21-22-17-13-26-18-11-7-6-10-15(18)19(17)23/h3-11,17,22H,2,12-13H2,1H3/b21-16-/t17-/m0/s1. The predicted octanol–water partition coefficient (Wildman–Crippen LogP) is 3.10. The normalized spacial score (nSPS) is 16.7. The molecule has 0 saturated heterocycles. The highest BCUT2D eigenvalue weighted by Gasteiger charge is 2.27. The molecule has 2 aromatic rings. The van der Waals surface area contributed by atoms with Crippen LogP contribution < -0.4 is 5.43 Å². The van der Waals surface area contributed by atoms with Crippen LogP contribution in [0.25, 0.3) is 0 Å². The number of hydrazone groups is 1. The van der Waals surface area contributed by atoms with Gasteiger partial charge in [-0.1, -0.05) is 48.5 Å². The van der Waals surface area contributed by atoms with E-state index in [1.165, 1.54) is 0 Å². The second-order valence-corrected chi connectivity index (χ2v) is 6.86. The predicted molar refractivity (Wildman–Crippen MR) is 103 cm³/mol. The molecule has 1 heterocycles. The summed E-state index contributed by atoms with van der Waals surface area (Å²) in [5.41, 5.74) is 4.79. The molecule has 1 aliphatic heterocycles.